The fraction of sp³-hybridized carbons (Fsp3) is 0.632. The van der Waals surface area contributed by atoms with E-state index in [4.69, 9.17) is 14.5 Å². The van der Waals surface area contributed by atoms with Crippen LogP contribution in [0.25, 0.3) is 0 Å². The van der Waals surface area contributed by atoms with Crippen molar-refractivity contribution in [2.24, 2.45) is 10.4 Å². The van der Waals surface area contributed by atoms with E-state index in [1.54, 1.807) is 7.11 Å². The molecule has 0 radical (unpaired) electrons. The zero-order valence-electron chi connectivity index (χ0n) is 15.6. The molecule has 0 aromatic heterocycles. The summed E-state index contributed by atoms with van der Waals surface area (Å²) in [5.41, 5.74) is 1.47. The Bertz CT molecular complexity index is 576. The van der Waals surface area contributed by atoms with Crippen molar-refractivity contribution in [3.05, 3.63) is 24.3 Å². The summed E-state index contributed by atoms with van der Waals surface area (Å²) < 4.78 is 10.6. The molecule has 0 bridgehead atoms. The molecule has 2 aliphatic rings. The number of aliphatic imine (C=N–C) groups is 1. The second-order valence-electron chi connectivity index (χ2n) is 7.15. The van der Waals surface area contributed by atoms with Crippen molar-refractivity contribution in [1.82, 2.24) is 10.2 Å². The van der Waals surface area contributed by atoms with E-state index in [1.165, 1.54) is 5.69 Å². The highest BCUT2D eigenvalue weighted by atomic mass is 16.5. The molecule has 0 aliphatic carbocycles. The van der Waals surface area contributed by atoms with Crippen LogP contribution >= 0.6 is 0 Å². The van der Waals surface area contributed by atoms with Gasteiger partial charge in [0.1, 0.15) is 5.75 Å². The number of anilines is 1. The number of ether oxygens (including phenoxy) is 2. The molecule has 2 aliphatic heterocycles. The molecule has 138 valence electrons. The van der Waals surface area contributed by atoms with Crippen LogP contribution in [0.2, 0.25) is 0 Å². The van der Waals surface area contributed by atoms with Crippen molar-refractivity contribution in [3.8, 4) is 5.75 Å². The predicted octanol–water partition coefficient (Wildman–Crippen LogP) is 1.82. The van der Waals surface area contributed by atoms with Crippen LogP contribution in [-0.2, 0) is 4.74 Å². The molecule has 0 spiro atoms. The summed E-state index contributed by atoms with van der Waals surface area (Å²) in [7, 11) is 1.70. The summed E-state index contributed by atoms with van der Waals surface area (Å²) in [6.45, 7) is 11.7. The first-order valence-corrected chi connectivity index (χ1v) is 9.13. The molecule has 2 saturated heterocycles. The third-order valence-corrected chi connectivity index (χ3v) is 4.86. The average molecular weight is 346 g/mol. The number of piperazine rings is 1. The molecule has 1 N–H and O–H groups in total. The summed E-state index contributed by atoms with van der Waals surface area (Å²) in [6.07, 6.45) is 0. The molecule has 1 aromatic rings. The van der Waals surface area contributed by atoms with E-state index in [1.807, 2.05) is 12.1 Å². The van der Waals surface area contributed by atoms with Gasteiger partial charge in [-0.2, -0.15) is 0 Å². The Kier molecular flexibility index (Phi) is 5.68. The minimum absolute atomic E-state index is 0.214. The average Bonchev–Trinajstić information content (AvgIpc) is 2.64. The van der Waals surface area contributed by atoms with Gasteiger partial charge < -0.3 is 24.6 Å². The van der Waals surface area contributed by atoms with Crippen molar-refractivity contribution < 1.29 is 9.47 Å². The second-order valence-corrected chi connectivity index (χ2v) is 7.15. The van der Waals surface area contributed by atoms with Gasteiger partial charge in [-0.15, -0.1) is 0 Å². The third-order valence-electron chi connectivity index (χ3n) is 4.86. The Hall–Kier alpha value is -1.95. The molecule has 2 heterocycles. The van der Waals surface area contributed by atoms with E-state index >= 15 is 0 Å². The van der Waals surface area contributed by atoms with Crippen molar-refractivity contribution in [2.45, 2.75) is 13.8 Å². The van der Waals surface area contributed by atoms with Crippen molar-refractivity contribution in [2.75, 3.05) is 64.5 Å². The van der Waals surface area contributed by atoms with E-state index < -0.39 is 0 Å². The van der Waals surface area contributed by atoms with Crippen LogP contribution < -0.4 is 15.0 Å². The standard InChI is InChI=1S/C19H30N4O2/c1-4-20-18(21-13-19(2)14-25-15-19)23-11-9-22(10-12-23)16-5-7-17(24-3)8-6-16/h5-8H,4,9-15H2,1-3H3,(H,20,21). The smallest absolute Gasteiger partial charge is 0.194 e. The van der Waals surface area contributed by atoms with Crippen LogP contribution in [-0.4, -0.2) is 70.5 Å². The first-order chi connectivity index (χ1) is 12.1. The lowest BCUT2D eigenvalue weighted by Gasteiger charge is -2.39. The molecule has 6 heteroatoms. The Morgan fingerprint density at radius 1 is 1.20 bits per heavy atom. The van der Waals surface area contributed by atoms with E-state index in [-0.39, 0.29) is 5.41 Å². The van der Waals surface area contributed by atoms with Gasteiger partial charge in [-0.3, -0.25) is 4.99 Å². The maximum Gasteiger partial charge on any atom is 0.194 e. The molecule has 0 unspecified atom stereocenters. The van der Waals surface area contributed by atoms with Gasteiger partial charge >= 0.3 is 0 Å². The topological polar surface area (TPSA) is 49.3 Å². The summed E-state index contributed by atoms with van der Waals surface area (Å²) in [4.78, 5) is 9.65. The van der Waals surface area contributed by atoms with Gasteiger partial charge in [-0.1, -0.05) is 6.92 Å². The van der Waals surface area contributed by atoms with Crippen LogP contribution in [0.1, 0.15) is 13.8 Å². The summed E-state index contributed by atoms with van der Waals surface area (Å²) in [5.74, 6) is 1.93. The number of rotatable bonds is 5. The molecule has 6 nitrogen and oxygen atoms in total. The van der Waals surface area contributed by atoms with E-state index in [0.29, 0.717) is 0 Å². The number of hydrogen-bond donors (Lipinski definition) is 1. The zero-order chi connectivity index (χ0) is 17.7. The largest absolute Gasteiger partial charge is 0.497 e. The lowest BCUT2D eigenvalue weighted by atomic mass is 9.89. The highest BCUT2D eigenvalue weighted by Gasteiger charge is 2.33. The first kappa shape index (κ1) is 17.9. The lowest BCUT2D eigenvalue weighted by Crippen LogP contribution is -2.53. The minimum Gasteiger partial charge on any atom is -0.497 e. The van der Waals surface area contributed by atoms with Crippen molar-refractivity contribution in [1.29, 1.82) is 0 Å². The molecule has 1 aromatic carbocycles. The van der Waals surface area contributed by atoms with Crippen molar-refractivity contribution >= 4 is 11.6 Å². The maximum atomic E-state index is 5.34. The quantitative estimate of drug-likeness (QED) is 0.651. The van der Waals surface area contributed by atoms with E-state index in [0.717, 1.165) is 64.2 Å². The van der Waals surface area contributed by atoms with Crippen LogP contribution in [0, 0.1) is 5.41 Å². The number of nitrogens with one attached hydrogen (secondary N) is 1. The Labute approximate surface area is 150 Å². The molecule has 0 atom stereocenters. The third kappa shape index (κ3) is 4.37. The van der Waals surface area contributed by atoms with Crippen LogP contribution in [0.3, 0.4) is 0 Å². The van der Waals surface area contributed by atoms with Gasteiger partial charge in [0.2, 0.25) is 0 Å². The Morgan fingerprint density at radius 2 is 1.88 bits per heavy atom. The first-order valence-electron chi connectivity index (χ1n) is 9.13. The van der Waals surface area contributed by atoms with E-state index in [9.17, 15) is 0 Å². The SMILES string of the molecule is CCNC(=NCC1(C)COC1)N1CCN(c2ccc(OC)cc2)CC1. The molecule has 0 amide bonds. The van der Waals surface area contributed by atoms with Crippen LogP contribution in [0.15, 0.2) is 29.3 Å². The molecular weight excluding hydrogens is 316 g/mol. The van der Waals surface area contributed by atoms with Gasteiger partial charge in [-0.25, -0.2) is 0 Å². The number of guanidine groups is 1. The van der Waals surface area contributed by atoms with Gasteiger partial charge in [0.25, 0.3) is 0 Å². The fourth-order valence-corrected chi connectivity index (χ4v) is 3.20. The minimum atomic E-state index is 0.214. The summed E-state index contributed by atoms with van der Waals surface area (Å²) in [6, 6.07) is 8.31. The van der Waals surface area contributed by atoms with E-state index in [2.05, 4.69) is 41.1 Å². The van der Waals surface area contributed by atoms with Gasteiger partial charge in [0, 0.05) is 43.8 Å². The highest BCUT2D eigenvalue weighted by Crippen LogP contribution is 2.26. The molecular formula is C19H30N4O2. The monoisotopic (exact) mass is 346 g/mol. The lowest BCUT2D eigenvalue weighted by molar-refractivity contribution is -0.0946. The number of benzene rings is 1. The summed E-state index contributed by atoms with van der Waals surface area (Å²) in [5, 5.41) is 3.44. The second kappa shape index (κ2) is 7.95. The number of nitrogens with zero attached hydrogens (tertiary/aromatic N) is 3. The molecule has 25 heavy (non-hydrogen) atoms. The zero-order valence-corrected chi connectivity index (χ0v) is 15.6. The van der Waals surface area contributed by atoms with Gasteiger partial charge in [-0.05, 0) is 31.2 Å². The van der Waals surface area contributed by atoms with Crippen molar-refractivity contribution in [3.63, 3.8) is 0 Å². The molecule has 3 rings (SSSR count). The maximum absolute atomic E-state index is 5.34. The Balaban J connectivity index is 1.57. The predicted molar refractivity (Wildman–Crippen MR) is 102 cm³/mol. The van der Waals surface area contributed by atoms with Crippen LogP contribution in [0.5, 0.6) is 5.75 Å². The number of methoxy groups -OCH3 is 1. The highest BCUT2D eigenvalue weighted by molar-refractivity contribution is 5.80. The molecule has 0 saturated carbocycles. The number of hydrogen-bond acceptors (Lipinski definition) is 4. The Morgan fingerprint density at radius 3 is 2.40 bits per heavy atom. The normalized spacial score (nSPS) is 20.2. The fourth-order valence-electron chi connectivity index (χ4n) is 3.20. The van der Waals surface area contributed by atoms with Gasteiger partial charge in [0.15, 0.2) is 5.96 Å². The van der Waals surface area contributed by atoms with Gasteiger partial charge in [0.05, 0.1) is 26.9 Å². The van der Waals surface area contributed by atoms with Crippen LogP contribution in [0.4, 0.5) is 5.69 Å². The summed E-state index contributed by atoms with van der Waals surface area (Å²) >= 11 is 0. The molecule has 2 fully saturated rings.